The predicted octanol–water partition coefficient (Wildman–Crippen LogP) is 3.32. The standard InChI is InChI=1S/C14H20BrNO/c1-2-17-8-7-16-12-9-11(10-12)13-5-3-4-6-14(13)15/h3-6,11-12,16H,2,7-10H2,1H3. The van der Waals surface area contributed by atoms with Gasteiger partial charge in [-0.3, -0.25) is 0 Å². The third kappa shape index (κ3) is 3.54. The first kappa shape index (κ1) is 13.1. The quantitative estimate of drug-likeness (QED) is 0.814. The van der Waals surface area contributed by atoms with Crippen molar-refractivity contribution in [2.75, 3.05) is 19.8 Å². The van der Waals surface area contributed by atoms with E-state index in [1.807, 2.05) is 6.92 Å². The van der Waals surface area contributed by atoms with E-state index in [2.05, 4.69) is 45.5 Å². The van der Waals surface area contributed by atoms with Crippen LogP contribution in [0.25, 0.3) is 0 Å². The minimum atomic E-state index is 0.674. The number of halogens is 1. The summed E-state index contributed by atoms with van der Waals surface area (Å²) in [7, 11) is 0. The van der Waals surface area contributed by atoms with E-state index in [9.17, 15) is 0 Å². The third-order valence-corrected chi connectivity index (χ3v) is 4.09. The minimum absolute atomic E-state index is 0.674. The lowest BCUT2D eigenvalue weighted by molar-refractivity contribution is 0.140. The minimum Gasteiger partial charge on any atom is -0.380 e. The fourth-order valence-corrected chi connectivity index (χ4v) is 2.93. The van der Waals surface area contributed by atoms with Gasteiger partial charge in [-0.1, -0.05) is 34.1 Å². The van der Waals surface area contributed by atoms with Crippen molar-refractivity contribution in [3.8, 4) is 0 Å². The highest BCUT2D eigenvalue weighted by Gasteiger charge is 2.30. The van der Waals surface area contributed by atoms with Gasteiger partial charge in [-0.25, -0.2) is 0 Å². The molecule has 1 fully saturated rings. The summed E-state index contributed by atoms with van der Waals surface area (Å²) in [6.07, 6.45) is 2.49. The monoisotopic (exact) mass is 297 g/mol. The molecule has 3 heteroatoms. The lowest BCUT2D eigenvalue weighted by atomic mass is 9.76. The van der Waals surface area contributed by atoms with Crippen LogP contribution in [0.5, 0.6) is 0 Å². The van der Waals surface area contributed by atoms with Gasteiger partial charge in [-0.05, 0) is 37.3 Å². The lowest BCUT2D eigenvalue weighted by Crippen LogP contribution is -2.41. The van der Waals surface area contributed by atoms with Gasteiger partial charge in [-0.15, -0.1) is 0 Å². The van der Waals surface area contributed by atoms with E-state index < -0.39 is 0 Å². The Morgan fingerprint density at radius 2 is 2.12 bits per heavy atom. The molecular weight excluding hydrogens is 278 g/mol. The van der Waals surface area contributed by atoms with E-state index in [0.717, 1.165) is 25.7 Å². The summed E-state index contributed by atoms with van der Waals surface area (Å²) in [5, 5.41) is 3.53. The Labute approximate surface area is 112 Å². The number of ether oxygens (including phenoxy) is 1. The first-order chi connectivity index (χ1) is 8.31. The Hall–Kier alpha value is -0.380. The van der Waals surface area contributed by atoms with E-state index in [1.165, 1.54) is 22.9 Å². The van der Waals surface area contributed by atoms with Crippen LogP contribution in [-0.4, -0.2) is 25.8 Å². The molecule has 0 amide bonds. The van der Waals surface area contributed by atoms with Crippen LogP contribution >= 0.6 is 15.9 Å². The van der Waals surface area contributed by atoms with Gasteiger partial charge in [0.05, 0.1) is 6.61 Å². The van der Waals surface area contributed by atoms with Crippen LogP contribution in [0.3, 0.4) is 0 Å². The van der Waals surface area contributed by atoms with Crippen LogP contribution in [0, 0.1) is 0 Å². The molecule has 0 aliphatic heterocycles. The zero-order valence-electron chi connectivity index (χ0n) is 10.3. The van der Waals surface area contributed by atoms with Gasteiger partial charge in [0, 0.05) is 23.7 Å². The Balaban J connectivity index is 1.70. The van der Waals surface area contributed by atoms with Gasteiger partial charge < -0.3 is 10.1 Å². The van der Waals surface area contributed by atoms with E-state index in [-0.39, 0.29) is 0 Å². The molecule has 1 aliphatic carbocycles. The molecule has 1 N–H and O–H groups in total. The number of rotatable bonds is 6. The van der Waals surface area contributed by atoms with Crippen molar-refractivity contribution in [1.29, 1.82) is 0 Å². The van der Waals surface area contributed by atoms with E-state index in [1.54, 1.807) is 0 Å². The summed E-state index contributed by atoms with van der Waals surface area (Å²) in [5.41, 5.74) is 1.45. The number of hydrogen-bond acceptors (Lipinski definition) is 2. The second-order valence-electron chi connectivity index (χ2n) is 4.54. The van der Waals surface area contributed by atoms with Crippen LogP contribution in [0.1, 0.15) is 31.2 Å². The number of hydrogen-bond donors (Lipinski definition) is 1. The van der Waals surface area contributed by atoms with Gasteiger partial charge in [0.15, 0.2) is 0 Å². The number of benzene rings is 1. The molecule has 0 aromatic heterocycles. The van der Waals surface area contributed by atoms with Crippen molar-refractivity contribution in [1.82, 2.24) is 5.32 Å². The van der Waals surface area contributed by atoms with Crippen LogP contribution in [0.15, 0.2) is 28.7 Å². The maximum absolute atomic E-state index is 5.31. The number of nitrogens with one attached hydrogen (secondary N) is 1. The van der Waals surface area contributed by atoms with Gasteiger partial charge >= 0.3 is 0 Å². The molecular formula is C14H20BrNO. The Bertz CT molecular complexity index is 350. The van der Waals surface area contributed by atoms with Crippen molar-refractivity contribution in [3.63, 3.8) is 0 Å². The molecule has 0 bridgehead atoms. The summed E-state index contributed by atoms with van der Waals surface area (Å²) >= 11 is 3.62. The molecule has 0 unspecified atom stereocenters. The molecule has 17 heavy (non-hydrogen) atoms. The maximum atomic E-state index is 5.31. The topological polar surface area (TPSA) is 21.3 Å². The molecule has 0 radical (unpaired) electrons. The zero-order chi connectivity index (χ0) is 12.1. The zero-order valence-corrected chi connectivity index (χ0v) is 11.9. The van der Waals surface area contributed by atoms with Gasteiger partial charge in [0.1, 0.15) is 0 Å². The predicted molar refractivity (Wildman–Crippen MR) is 74.4 cm³/mol. The maximum Gasteiger partial charge on any atom is 0.0590 e. The molecule has 1 aliphatic rings. The fraction of sp³-hybridized carbons (Fsp3) is 0.571. The first-order valence-corrected chi connectivity index (χ1v) is 7.16. The highest BCUT2D eigenvalue weighted by Crippen LogP contribution is 2.39. The summed E-state index contributed by atoms with van der Waals surface area (Å²) < 4.78 is 6.56. The summed E-state index contributed by atoms with van der Waals surface area (Å²) in [6, 6.07) is 9.23. The Morgan fingerprint density at radius 1 is 1.35 bits per heavy atom. The van der Waals surface area contributed by atoms with Crippen LogP contribution in [0.4, 0.5) is 0 Å². The average Bonchev–Trinajstić information content (AvgIpc) is 2.28. The summed E-state index contributed by atoms with van der Waals surface area (Å²) in [6.45, 7) is 4.64. The lowest BCUT2D eigenvalue weighted by Gasteiger charge is -2.37. The summed E-state index contributed by atoms with van der Waals surface area (Å²) in [4.78, 5) is 0. The molecule has 0 atom stereocenters. The summed E-state index contributed by atoms with van der Waals surface area (Å²) in [5.74, 6) is 0.718. The Morgan fingerprint density at radius 3 is 2.82 bits per heavy atom. The fourth-order valence-electron chi connectivity index (χ4n) is 2.32. The van der Waals surface area contributed by atoms with Crippen molar-refractivity contribution in [2.24, 2.45) is 0 Å². The van der Waals surface area contributed by atoms with Crippen molar-refractivity contribution < 1.29 is 4.74 Å². The highest BCUT2D eigenvalue weighted by molar-refractivity contribution is 9.10. The molecule has 2 nitrogen and oxygen atoms in total. The highest BCUT2D eigenvalue weighted by atomic mass is 79.9. The van der Waals surface area contributed by atoms with Gasteiger partial charge in [-0.2, -0.15) is 0 Å². The molecule has 94 valence electrons. The first-order valence-electron chi connectivity index (χ1n) is 6.36. The second-order valence-corrected chi connectivity index (χ2v) is 5.39. The van der Waals surface area contributed by atoms with Crippen molar-refractivity contribution >= 4 is 15.9 Å². The molecule has 0 heterocycles. The average molecular weight is 298 g/mol. The molecule has 1 aromatic rings. The van der Waals surface area contributed by atoms with Crippen LogP contribution in [0.2, 0.25) is 0 Å². The molecule has 1 saturated carbocycles. The van der Waals surface area contributed by atoms with E-state index in [4.69, 9.17) is 4.74 Å². The second kappa shape index (κ2) is 6.53. The van der Waals surface area contributed by atoms with Gasteiger partial charge in [0.25, 0.3) is 0 Å². The van der Waals surface area contributed by atoms with E-state index in [0.29, 0.717) is 6.04 Å². The van der Waals surface area contributed by atoms with Crippen molar-refractivity contribution in [2.45, 2.75) is 31.7 Å². The SMILES string of the molecule is CCOCCNC1CC(c2ccccc2Br)C1. The van der Waals surface area contributed by atoms with Crippen LogP contribution < -0.4 is 5.32 Å². The van der Waals surface area contributed by atoms with Gasteiger partial charge in [0.2, 0.25) is 0 Å². The third-order valence-electron chi connectivity index (χ3n) is 3.37. The molecule has 0 saturated heterocycles. The smallest absolute Gasteiger partial charge is 0.0590 e. The normalized spacial score (nSPS) is 23.4. The molecule has 2 rings (SSSR count). The molecule has 0 spiro atoms. The largest absolute Gasteiger partial charge is 0.380 e. The van der Waals surface area contributed by atoms with Crippen LogP contribution in [-0.2, 0) is 4.74 Å². The van der Waals surface area contributed by atoms with E-state index >= 15 is 0 Å². The molecule has 1 aromatic carbocycles. The Kier molecular flexibility index (Phi) is 5.01. The van der Waals surface area contributed by atoms with Crippen molar-refractivity contribution in [3.05, 3.63) is 34.3 Å².